The van der Waals surface area contributed by atoms with Gasteiger partial charge in [-0.15, -0.1) is 11.8 Å². The minimum atomic E-state index is 0.586. The van der Waals surface area contributed by atoms with E-state index in [0.29, 0.717) is 11.8 Å². The molecule has 0 N–H and O–H groups in total. The van der Waals surface area contributed by atoms with Crippen LogP contribution < -0.4 is 4.90 Å². The second kappa shape index (κ2) is 8.21. The SMILES string of the molecule is CCSc1cccc(N(CC(C)C)CC(C)C)c1C#N. The number of hydrogen-bond acceptors (Lipinski definition) is 3. The van der Waals surface area contributed by atoms with Gasteiger partial charge >= 0.3 is 0 Å². The average Bonchev–Trinajstić information content (AvgIpc) is 2.37. The zero-order valence-electron chi connectivity index (χ0n) is 13.3. The molecule has 0 aliphatic rings. The summed E-state index contributed by atoms with van der Waals surface area (Å²) in [5.41, 5.74) is 1.93. The molecule has 0 radical (unpaired) electrons. The molecule has 3 heteroatoms. The minimum Gasteiger partial charge on any atom is -0.370 e. The third-order valence-electron chi connectivity index (χ3n) is 2.93. The number of thioether (sulfide) groups is 1. The van der Waals surface area contributed by atoms with E-state index >= 15 is 0 Å². The van der Waals surface area contributed by atoms with Gasteiger partial charge in [-0.05, 0) is 29.7 Å². The van der Waals surface area contributed by atoms with E-state index in [9.17, 15) is 5.26 Å². The maximum atomic E-state index is 9.55. The number of rotatable bonds is 7. The lowest BCUT2D eigenvalue weighted by atomic mass is 10.1. The van der Waals surface area contributed by atoms with Gasteiger partial charge in [0, 0.05) is 18.0 Å². The maximum absolute atomic E-state index is 9.55. The largest absolute Gasteiger partial charge is 0.370 e. The number of nitrogens with zero attached hydrogens (tertiary/aromatic N) is 2. The van der Waals surface area contributed by atoms with Crippen LogP contribution in [-0.4, -0.2) is 18.8 Å². The van der Waals surface area contributed by atoms with Crippen molar-refractivity contribution in [3.8, 4) is 6.07 Å². The van der Waals surface area contributed by atoms with Crippen molar-refractivity contribution in [3.05, 3.63) is 23.8 Å². The van der Waals surface area contributed by atoms with Crippen LogP contribution in [0.5, 0.6) is 0 Å². The van der Waals surface area contributed by atoms with E-state index in [0.717, 1.165) is 35.0 Å². The lowest BCUT2D eigenvalue weighted by Gasteiger charge is -2.29. The van der Waals surface area contributed by atoms with E-state index in [4.69, 9.17) is 0 Å². The van der Waals surface area contributed by atoms with Crippen LogP contribution in [-0.2, 0) is 0 Å². The summed E-state index contributed by atoms with van der Waals surface area (Å²) in [7, 11) is 0. The van der Waals surface area contributed by atoms with Gasteiger partial charge in [0.2, 0.25) is 0 Å². The third kappa shape index (κ3) is 4.76. The summed E-state index contributed by atoms with van der Waals surface area (Å²) < 4.78 is 0. The number of hydrogen-bond donors (Lipinski definition) is 0. The molecule has 0 heterocycles. The summed E-state index contributed by atoms with van der Waals surface area (Å²) in [6.45, 7) is 13.0. The average molecular weight is 290 g/mol. The molecule has 2 nitrogen and oxygen atoms in total. The van der Waals surface area contributed by atoms with E-state index in [-0.39, 0.29) is 0 Å². The molecule has 0 fully saturated rings. The second-order valence-corrected chi connectivity index (χ2v) is 7.19. The van der Waals surface area contributed by atoms with Gasteiger partial charge in [-0.25, -0.2) is 0 Å². The first-order valence-electron chi connectivity index (χ1n) is 7.40. The Bertz CT molecular complexity index is 451. The first kappa shape index (κ1) is 16.9. The molecule has 0 saturated heterocycles. The zero-order valence-corrected chi connectivity index (χ0v) is 14.1. The van der Waals surface area contributed by atoms with Gasteiger partial charge < -0.3 is 4.90 Å². The summed E-state index contributed by atoms with van der Waals surface area (Å²) in [5, 5.41) is 9.55. The van der Waals surface area contributed by atoms with Gasteiger partial charge in [0.25, 0.3) is 0 Å². The fourth-order valence-electron chi connectivity index (χ4n) is 2.32. The van der Waals surface area contributed by atoms with E-state index in [1.807, 2.05) is 0 Å². The van der Waals surface area contributed by atoms with Crippen molar-refractivity contribution >= 4 is 17.4 Å². The fraction of sp³-hybridized carbons (Fsp3) is 0.588. The highest BCUT2D eigenvalue weighted by molar-refractivity contribution is 7.99. The van der Waals surface area contributed by atoms with Crippen molar-refractivity contribution in [1.82, 2.24) is 0 Å². The first-order chi connectivity index (χ1) is 9.49. The molecule has 1 rings (SSSR count). The Morgan fingerprint density at radius 3 is 2.20 bits per heavy atom. The minimum absolute atomic E-state index is 0.586. The summed E-state index contributed by atoms with van der Waals surface area (Å²) in [5.74, 6) is 2.16. The second-order valence-electron chi connectivity index (χ2n) is 5.89. The van der Waals surface area contributed by atoms with Crippen LogP contribution in [0.15, 0.2) is 23.1 Å². The topological polar surface area (TPSA) is 27.0 Å². The van der Waals surface area contributed by atoms with Gasteiger partial charge in [0.15, 0.2) is 0 Å². The van der Waals surface area contributed by atoms with Crippen LogP contribution in [0.1, 0.15) is 40.2 Å². The Hall–Kier alpha value is -1.14. The summed E-state index contributed by atoms with van der Waals surface area (Å²) >= 11 is 1.75. The van der Waals surface area contributed by atoms with Crippen LogP contribution >= 0.6 is 11.8 Å². The van der Waals surface area contributed by atoms with Crippen LogP contribution in [0.25, 0.3) is 0 Å². The van der Waals surface area contributed by atoms with E-state index in [1.165, 1.54) is 0 Å². The van der Waals surface area contributed by atoms with E-state index in [1.54, 1.807) is 11.8 Å². The van der Waals surface area contributed by atoms with Crippen LogP contribution in [0.4, 0.5) is 5.69 Å². The molecule has 0 spiro atoms. The Labute approximate surface area is 128 Å². The van der Waals surface area contributed by atoms with Gasteiger partial charge in [-0.3, -0.25) is 0 Å². The number of nitriles is 1. The molecule has 20 heavy (non-hydrogen) atoms. The Kier molecular flexibility index (Phi) is 6.95. The fourth-order valence-corrected chi connectivity index (χ4v) is 3.10. The van der Waals surface area contributed by atoms with Crippen molar-refractivity contribution in [2.75, 3.05) is 23.7 Å². The quantitative estimate of drug-likeness (QED) is 0.676. The normalized spacial score (nSPS) is 10.9. The van der Waals surface area contributed by atoms with Crippen LogP contribution in [0.3, 0.4) is 0 Å². The standard InChI is InChI=1S/C17H26N2S/c1-6-20-17-9-7-8-16(15(17)10-18)19(11-13(2)3)12-14(4)5/h7-9,13-14H,6,11-12H2,1-5H3. The van der Waals surface area contributed by atoms with Crippen LogP contribution in [0.2, 0.25) is 0 Å². The molecular formula is C17H26N2S. The van der Waals surface area contributed by atoms with Crippen molar-refractivity contribution in [3.63, 3.8) is 0 Å². The molecule has 0 saturated carbocycles. The predicted molar refractivity (Wildman–Crippen MR) is 89.4 cm³/mol. The molecule has 0 aliphatic heterocycles. The van der Waals surface area contributed by atoms with Gasteiger partial charge in [0.1, 0.15) is 6.07 Å². The third-order valence-corrected chi connectivity index (χ3v) is 3.87. The molecule has 0 atom stereocenters. The molecule has 0 unspecified atom stereocenters. The van der Waals surface area contributed by atoms with Crippen molar-refractivity contribution in [2.24, 2.45) is 11.8 Å². The Balaban J connectivity index is 3.18. The predicted octanol–water partition coefficient (Wildman–Crippen LogP) is 4.79. The number of benzene rings is 1. The molecule has 0 bridgehead atoms. The highest BCUT2D eigenvalue weighted by Crippen LogP contribution is 2.31. The summed E-state index contributed by atoms with van der Waals surface area (Å²) in [4.78, 5) is 3.47. The lowest BCUT2D eigenvalue weighted by molar-refractivity contribution is 0.552. The van der Waals surface area contributed by atoms with Crippen molar-refractivity contribution in [2.45, 2.75) is 39.5 Å². The molecule has 0 amide bonds. The molecule has 1 aromatic rings. The Morgan fingerprint density at radius 2 is 1.75 bits per heavy atom. The molecule has 110 valence electrons. The monoisotopic (exact) mass is 290 g/mol. The van der Waals surface area contributed by atoms with E-state index in [2.05, 4.69) is 63.8 Å². The first-order valence-corrected chi connectivity index (χ1v) is 8.39. The molecule has 1 aromatic carbocycles. The molecular weight excluding hydrogens is 264 g/mol. The van der Waals surface area contributed by atoms with Gasteiger partial charge in [-0.2, -0.15) is 5.26 Å². The maximum Gasteiger partial charge on any atom is 0.103 e. The highest BCUT2D eigenvalue weighted by atomic mass is 32.2. The van der Waals surface area contributed by atoms with E-state index < -0.39 is 0 Å². The lowest BCUT2D eigenvalue weighted by Crippen LogP contribution is -2.32. The summed E-state index contributed by atoms with van der Waals surface area (Å²) in [6.07, 6.45) is 0. The van der Waals surface area contributed by atoms with Crippen LogP contribution in [0, 0.1) is 23.2 Å². The zero-order chi connectivity index (χ0) is 15.1. The molecule has 0 aromatic heterocycles. The van der Waals surface area contributed by atoms with Gasteiger partial charge in [0.05, 0.1) is 11.3 Å². The number of anilines is 1. The summed E-state index contributed by atoms with van der Waals surface area (Å²) in [6, 6.07) is 8.63. The van der Waals surface area contributed by atoms with Crippen molar-refractivity contribution < 1.29 is 0 Å². The Morgan fingerprint density at radius 1 is 1.15 bits per heavy atom. The highest BCUT2D eigenvalue weighted by Gasteiger charge is 2.16. The molecule has 0 aliphatic carbocycles. The van der Waals surface area contributed by atoms with Gasteiger partial charge in [-0.1, -0.05) is 40.7 Å². The smallest absolute Gasteiger partial charge is 0.103 e. The van der Waals surface area contributed by atoms with Crippen molar-refractivity contribution in [1.29, 1.82) is 5.26 Å².